The first kappa shape index (κ1) is 13.5. The number of hydrogen-bond acceptors (Lipinski definition) is 4. The van der Waals surface area contributed by atoms with E-state index in [4.69, 9.17) is 11.9 Å². The van der Waals surface area contributed by atoms with E-state index >= 15 is 0 Å². The van der Waals surface area contributed by atoms with Crippen LogP contribution in [0, 0.1) is 0 Å². The first-order chi connectivity index (χ1) is 9.22. The van der Waals surface area contributed by atoms with E-state index in [0.29, 0.717) is 11.1 Å². The molecule has 5 heteroatoms. The third-order valence-electron chi connectivity index (χ3n) is 2.61. The van der Waals surface area contributed by atoms with Crippen LogP contribution in [0.2, 0.25) is 0 Å². The summed E-state index contributed by atoms with van der Waals surface area (Å²) in [6.07, 6.45) is -1.21. The molecule has 0 aromatic heterocycles. The van der Waals surface area contributed by atoms with Crippen molar-refractivity contribution in [1.82, 2.24) is 0 Å². The minimum Gasteiger partial charge on any atom is -0.380 e. The summed E-state index contributed by atoms with van der Waals surface area (Å²) in [6, 6.07) is 14.9. The maximum atomic E-state index is 12.1. The highest BCUT2D eigenvalue weighted by Crippen LogP contribution is 2.21. The highest BCUT2D eigenvalue weighted by atomic mass is 35.5. The van der Waals surface area contributed by atoms with E-state index < -0.39 is 11.9 Å². The molecule has 0 spiro atoms. The van der Waals surface area contributed by atoms with Gasteiger partial charge in [-0.3, -0.25) is 4.79 Å². The highest BCUT2D eigenvalue weighted by molar-refractivity contribution is 6.06. The fraction of sp³-hybridized carbons (Fsp3) is 0.0714. The van der Waals surface area contributed by atoms with Gasteiger partial charge in [0.05, 0.1) is 0 Å². The Labute approximate surface area is 115 Å². The van der Waals surface area contributed by atoms with Gasteiger partial charge in [-0.1, -0.05) is 46.9 Å². The lowest BCUT2D eigenvalue weighted by Crippen LogP contribution is -2.12. The molecule has 4 nitrogen and oxygen atoms in total. The van der Waals surface area contributed by atoms with Gasteiger partial charge in [-0.15, -0.1) is 0 Å². The van der Waals surface area contributed by atoms with Gasteiger partial charge in [0.25, 0.3) is 0 Å². The average molecular weight is 279 g/mol. The Morgan fingerprint density at radius 2 is 1.84 bits per heavy atom. The van der Waals surface area contributed by atoms with Crippen LogP contribution in [0.4, 0.5) is 0 Å². The van der Waals surface area contributed by atoms with Crippen molar-refractivity contribution in [1.29, 1.82) is 0 Å². The van der Waals surface area contributed by atoms with Gasteiger partial charge in [-0.25, -0.2) is 0 Å². The second-order valence-corrected chi connectivity index (χ2v) is 3.98. The Hall–Kier alpha value is -1.88. The zero-order chi connectivity index (χ0) is 13.7. The molecular formula is C14H11ClO4. The molecule has 2 aromatic carbocycles. The lowest BCUT2D eigenvalue weighted by atomic mass is 10.00. The molecular weight excluding hydrogens is 268 g/mol. The van der Waals surface area contributed by atoms with Crippen molar-refractivity contribution in [2.24, 2.45) is 0 Å². The molecule has 0 radical (unpaired) electrons. The van der Waals surface area contributed by atoms with Gasteiger partial charge >= 0.3 is 0 Å². The minimum absolute atomic E-state index is 0.279. The molecule has 2 aromatic rings. The number of aliphatic hydroxyl groups is 1. The summed E-state index contributed by atoms with van der Waals surface area (Å²) in [6.45, 7) is 0. The van der Waals surface area contributed by atoms with Crippen LogP contribution >= 0.6 is 11.9 Å². The lowest BCUT2D eigenvalue weighted by Gasteiger charge is -2.10. The number of rotatable bonds is 5. The van der Waals surface area contributed by atoms with Crippen LogP contribution in [0.25, 0.3) is 0 Å². The molecule has 1 atom stereocenters. The van der Waals surface area contributed by atoms with E-state index in [9.17, 15) is 9.90 Å². The van der Waals surface area contributed by atoms with E-state index in [1.54, 1.807) is 42.5 Å². The topological polar surface area (TPSA) is 55.8 Å². The number of Topliss-reactive ketones (excluding diaryl/α,β-unsaturated/α-hetero) is 1. The normalized spacial score (nSPS) is 11.9. The maximum absolute atomic E-state index is 12.1. The van der Waals surface area contributed by atoms with Crippen molar-refractivity contribution < 1.29 is 19.2 Å². The lowest BCUT2D eigenvalue weighted by molar-refractivity contribution is -0.0918. The minimum atomic E-state index is -1.21. The summed E-state index contributed by atoms with van der Waals surface area (Å²) in [5, 5.41) is 10.0. The van der Waals surface area contributed by atoms with Crippen LogP contribution in [-0.2, 0) is 4.44 Å². The standard InChI is InChI=1S/C14H11ClO4/c15-19-18-12-8-4-7-11(9-12)14(17)13(16)10-5-2-1-3-6-10/h1-9,13,16H. The van der Waals surface area contributed by atoms with Crippen molar-refractivity contribution >= 4 is 17.6 Å². The van der Waals surface area contributed by atoms with E-state index in [-0.39, 0.29) is 5.75 Å². The highest BCUT2D eigenvalue weighted by Gasteiger charge is 2.19. The molecule has 0 bridgehead atoms. The number of halogens is 1. The molecule has 0 fully saturated rings. The van der Waals surface area contributed by atoms with E-state index in [0.717, 1.165) is 0 Å². The van der Waals surface area contributed by atoms with Gasteiger partial charge in [-0.2, -0.15) is 0 Å². The summed E-state index contributed by atoms with van der Waals surface area (Å²) in [7, 11) is 0. The summed E-state index contributed by atoms with van der Waals surface area (Å²) in [5.74, 6) is -0.146. The molecule has 98 valence electrons. The Balaban J connectivity index is 2.22. The predicted molar refractivity (Wildman–Crippen MR) is 69.7 cm³/mol. The van der Waals surface area contributed by atoms with E-state index in [1.165, 1.54) is 6.07 Å². The van der Waals surface area contributed by atoms with Gasteiger partial charge in [0.2, 0.25) is 0 Å². The van der Waals surface area contributed by atoms with Gasteiger partial charge in [-0.05, 0) is 17.7 Å². The second-order valence-electron chi connectivity index (χ2n) is 3.85. The SMILES string of the molecule is O=C(c1cccc(OOCl)c1)C(O)c1ccccc1. The Kier molecular flexibility index (Phi) is 4.52. The van der Waals surface area contributed by atoms with Gasteiger partial charge in [0.1, 0.15) is 18.0 Å². The number of hydrogen-bond donors (Lipinski definition) is 1. The van der Waals surface area contributed by atoms with Gasteiger partial charge < -0.3 is 9.99 Å². The molecule has 1 unspecified atom stereocenters. The first-order valence-electron chi connectivity index (χ1n) is 5.55. The fourth-order valence-electron chi connectivity index (χ4n) is 1.68. The summed E-state index contributed by atoms with van der Waals surface area (Å²) in [5.41, 5.74) is 0.843. The van der Waals surface area contributed by atoms with E-state index in [2.05, 4.69) is 9.33 Å². The largest absolute Gasteiger partial charge is 0.380 e. The van der Waals surface area contributed by atoms with Crippen molar-refractivity contribution in [2.75, 3.05) is 0 Å². The summed E-state index contributed by atoms with van der Waals surface area (Å²) in [4.78, 5) is 16.7. The number of aliphatic hydroxyl groups excluding tert-OH is 1. The fourth-order valence-corrected chi connectivity index (χ4v) is 1.75. The molecule has 0 heterocycles. The molecule has 0 saturated carbocycles. The molecule has 0 aliphatic carbocycles. The molecule has 0 saturated heterocycles. The van der Waals surface area contributed by atoms with Crippen LogP contribution in [-0.4, -0.2) is 10.9 Å². The molecule has 2 rings (SSSR count). The Bertz CT molecular complexity index is 556. The van der Waals surface area contributed by atoms with Crippen LogP contribution in [0.15, 0.2) is 54.6 Å². The number of carbonyl (C=O) groups is 1. The van der Waals surface area contributed by atoms with Crippen LogP contribution in [0.3, 0.4) is 0 Å². The summed E-state index contributed by atoms with van der Waals surface area (Å²) < 4.78 is 4.01. The van der Waals surface area contributed by atoms with Crippen LogP contribution < -0.4 is 4.89 Å². The molecule has 0 aliphatic rings. The smallest absolute Gasteiger partial charge is 0.195 e. The van der Waals surface area contributed by atoms with Gasteiger partial charge in [0, 0.05) is 5.56 Å². The van der Waals surface area contributed by atoms with Gasteiger partial charge in [0.15, 0.2) is 11.5 Å². The maximum Gasteiger partial charge on any atom is 0.195 e. The van der Waals surface area contributed by atoms with E-state index in [1.807, 2.05) is 6.07 Å². The van der Waals surface area contributed by atoms with Crippen molar-refractivity contribution in [3.05, 3.63) is 65.7 Å². The second kappa shape index (κ2) is 6.33. The van der Waals surface area contributed by atoms with Crippen LogP contribution in [0.1, 0.15) is 22.0 Å². The predicted octanol–water partition coefficient (Wildman–Crippen LogP) is 3.07. The van der Waals surface area contributed by atoms with Crippen molar-refractivity contribution in [3.8, 4) is 5.75 Å². The average Bonchev–Trinajstić information content (AvgIpc) is 2.47. The molecule has 19 heavy (non-hydrogen) atoms. The zero-order valence-corrected chi connectivity index (χ0v) is 10.6. The zero-order valence-electron chi connectivity index (χ0n) is 9.82. The molecule has 1 N–H and O–H groups in total. The molecule has 0 aliphatic heterocycles. The Morgan fingerprint density at radius 1 is 1.11 bits per heavy atom. The molecule has 0 amide bonds. The Morgan fingerprint density at radius 3 is 2.53 bits per heavy atom. The monoisotopic (exact) mass is 278 g/mol. The summed E-state index contributed by atoms with van der Waals surface area (Å²) >= 11 is 4.97. The quantitative estimate of drug-likeness (QED) is 0.519. The number of ketones is 1. The number of carbonyl (C=O) groups excluding carboxylic acids is 1. The number of benzene rings is 2. The third kappa shape index (κ3) is 3.32. The van der Waals surface area contributed by atoms with Crippen molar-refractivity contribution in [2.45, 2.75) is 6.10 Å². The third-order valence-corrected chi connectivity index (χ3v) is 2.67. The van der Waals surface area contributed by atoms with Crippen LogP contribution in [0.5, 0.6) is 5.75 Å². The first-order valence-corrected chi connectivity index (χ1v) is 5.86. The van der Waals surface area contributed by atoms with Crippen molar-refractivity contribution in [3.63, 3.8) is 0 Å².